The highest BCUT2D eigenvalue weighted by molar-refractivity contribution is 7.92. The van der Waals surface area contributed by atoms with Crippen molar-refractivity contribution in [3.05, 3.63) is 24.3 Å². The van der Waals surface area contributed by atoms with E-state index in [1.165, 1.54) is 0 Å². The summed E-state index contributed by atoms with van der Waals surface area (Å²) in [6.45, 7) is 3.92. The molecular formula is C12H18N2O3S. The Labute approximate surface area is 108 Å². The van der Waals surface area contributed by atoms with Crippen molar-refractivity contribution in [2.24, 2.45) is 5.92 Å². The van der Waals surface area contributed by atoms with Gasteiger partial charge in [-0.25, -0.2) is 8.42 Å². The molecule has 2 N–H and O–H groups in total. The summed E-state index contributed by atoms with van der Waals surface area (Å²) in [5.41, 5.74) is 1.01. The molecule has 0 saturated carbocycles. The summed E-state index contributed by atoms with van der Waals surface area (Å²) in [5, 5.41) is 2.73. The van der Waals surface area contributed by atoms with Gasteiger partial charge in [0.25, 0.3) is 0 Å². The Hall–Kier alpha value is -1.56. The van der Waals surface area contributed by atoms with Crippen molar-refractivity contribution in [2.45, 2.75) is 20.3 Å². The number of amides is 1. The molecule has 18 heavy (non-hydrogen) atoms. The van der Waals surface area contributed by atoms with Crippen LogP contribution >= 0.6 is 0 Å². The number of carbonyl (C=O) groups excluding carboxylic acids is 1. The summed E-state index contributed by atoms with van der Waals surface area (Å²) in [4.78, 5) is 11.6. The topological polar surface area (TPSA) is 75.3 Å². The van der Waals surface area contributed by atoms with Gasteiger partial charge >= 0.3 is 0 Å². The molecule has 0 spiro atoms. The van der Waals surface area contributed by atoms with E-state index in [0.717, 1.165) is 6.26 Å². The van der Waals surface area contributed by atoms with E-state index in [9.17, 15) is 13.2 Å². The van der Waals surface area contributed by atoms with Crippen LogP contribution in [-0.2, 0) is 14.8 Å². The van der Waals surface area contributed by atoms with Gasteiger partial charge in [-0.1, -0.05) is 19.9 Å². The number of rotatable bonds is 5. The molecule has 0 aromatic heterocycles. The van der Waals surface area contributed by atoms with Crippen molar-refractivity contribution in [3.8, 4) is 0 Å². The average molecular weight is 270 g/mol. The van der Waals surface area contributed by atoms with E-state index < -0.39 is 10.0 Å². The number of carbonyl (C=O) groups is 1. The highest BCUT2D eigenvalue weighted by Gasteiger charge is 2.06. The molecule has 0 radical (unpaired) electrons. The molecule has 0 atom stereocenters. The van der Waals surface area contributed by atoms with Gasteiger partial charge in [0, 0.05) is 12.1 Å². The van der Waals surface area contributed by atoms with Gasteiger partial charge in [0.1, 0.15) is 0 Å². The van der Waals surface area contributed by atoms with Crippen molar-refractivity contribution in [3.63, 3.8) is 0 Å². The molecule has 0 aliphatic heterocycles. The summed E-state index contributed by atoms with van der Waals surface area (Å²) in [5.74, 6) is 0.198. The molecule has 0 heterocycles. The smallest absolute Gasteiger partial charge is 0.229 e. The minimum Gasteiger partial charge on any atom is -0.326 e. The Morgan fingerprint density at radius 2 is 1.89 bits per heavy atom. The van der Waals surface area contributed by atoms with E-state index in [2.05, 4.69) is 10.0 Å². The van der Waals surface area contributed by atoms with Gasteiger partial charge in [0.05, 0.1) is 11.9 Å². The largest absolute Gasteiger partial charge is 0.326 e. The van der Waals surface area contributed by atoms with Crippen LogP contribution < -0.4 is 10.0 Å². The van der Waals surface area contributed by atoms with Crippen molar-refractivity contribution in [2.75, 3.05) is 16.3 Å². The molecule has 0 fully saturated rings. The highest BCUT2D eigenvalue weighted by atomic mass is 32.2. The molecule has 5 nitrogen and oxygen atoms in total. The first-order valence-electron chi connectivity index (χ1n) is 5.64. The molecule has 1 aromatic carbocycles. The molecule has 6 heteroatoms. The number of hydrogen-bond acceptors (Lipinski definition) is 3. The normalized spacial score (nSPS) is 11.3. The van der Waals surface area contributed by atoms with Gasteiger partial charge in [-0.05, 0) is 24.1 Å². The first-order valence-corrected chi connectivity index (χ1v) is 7.53. The van der Waals surface area contributed by atoms with E-state index in [1.807, 2.05) is 13.8 Å². The van der Waals surface area contributed by atoms with Gasteiger partial charge in [-0.2, -0.15) is 0 Å². The molecule has 1 rings (SSSR count). The monoisotopic (exact) mass is 270 g/mol. The zero-order valence-electron chi connectivity index (χ0n) is 10.7. The van der Waals surface area contributed by atoms with Crippen LogP contribution in [0.4, 0.5) is 11.4 Å². The zero-order valence-corrected chi connectivity index (χ0v) is 11.5. The lowest BCUT2D eigenvalue weighted by Crippen LogP contribution is -2.14. The summed E-state index contributed by atoms with van der Waals surface area (Å²) < 4.78 is 24.5. The molecule has 100 valence electrons. The van der Waals surface area contributed by atoms with Gasteiger partial charge in [-0.15, -0.1) is 0 Å². The molecular weight excluding hydrogens is 252 g/mol. The van der Waals surface area contributed by atoms with Gasteiger partial charge in [0.2, 0.25) is 15.9 Å². The van der Waals surface area contributed by atoms with E-state index in [4.69, 9.17) is 0 Å². The SMILES string of the molecule is CC(C)CC(=O)Nc1cccc(NS(C)(=O)=O)c1. The fraction of sp³-hybridized carbons (Fsp3) is 0.417. The van der Waals surface area contributed by atoms with Gasteiger partial charge in [-0.3, -0.25) is 9.52 Å². The van der Waals surface area contributed by atoms with Gasteiger partial charge < -0.3 is 5.32 Å². The fourth-order valence-corrected chi connectivity index (χ4v) is 2.01. The summed E-state index contributed by atoms with van der Waals surface area (Å²) in [6, 6.07) is 6.60. The maximum absolute atomic E-state index is 11.6. The summed E-state index contributed by atoms with van der Waals surface area (Å²) in [6.07, 6.45) is 1.51. The van der Waals surface area contributed by atoms with Crippen LogP contribution in [0.3, 0.4) is 0 Å². The number of benzene rings is 1. The van der Waals surface area contributed by atoms with Crippen molar-refractivity contribution in [1.82, 2.24) is 0 Å². The van der Waals surface area contributed by atoms with Crippen molar-refractivity contribution < 1.29 is 13.2 Å². The van der Waals surface area contributed by atoms with E-state index >= 15 is 0 Å². The predicted molar refractivity (Wildman–Crippen MR) is 73.0 cm³/mol. The maximum atomic E-state index is 11.6. The maximum Gasteiger partial charge on any atom is 0.229 e. The van der Waals surface area contributed by atoms with Crippen LogP contribution in [0.5, 0.6) is 0 Å². The third kappa shape index (κ3) is 5.67. The molecule has 0 aliphatic carbocycles. The lowest BCUT2D eigenvalue weighted by Gasteiger charge is -2.09. The number of sulfonamides is 1. The minimum atomic E-state index is -3.30. The zero-order chi connectivity index (χ0) is 13.8. The quantitative estimate of drug-likeness (QED) is 0.859. The van der Waals surface area contributed by atoms with Crippen LogP contribution in [-0.4, -0.2) is 20.6 Å². The molecule has 1 amide bonds. The number of anilines is 2. The standard InChI is InChI=1S/C12H18N2O3S/c1-9(2)7-12(15)13-10-5-4-6-11(8-10)14-18(3,16)17/h4-6,8-9,14H,7H2,1-3H3,(H,13,15). The summed E-state index contributed by atoms with van der Waals surface area (Å²) in [7, 11) is -3.30. The second kappa shape index (κ2) is 5.86. The van der Waals surface area contributed by atoms with Crippen LogP contribution in [0.1, 0.15) is 20.3 Å². The Balaban J connectivity index is 2.74. The Morgan fingerprint density at radius 3 is 2.44 bits per heavy atom. The lowest BCUT2D eigenvalue weighted by molar-refractivity contribution is -0.116. The molecule has 0 bridgehead atoms. The van der Waals surface area contributed by atoms with Crippen LogP contribution in [0.25, 0.3) is 0 Å². The second-order valence-corrected chi connectivity index (χ2v) is 6.35. The fourth-order valence-electron chi connectivity index (χ4n) is 1.46. The van der Waals surface area contributed by atoms with E-state index in [0.29, 0.717) is 17.8 Å². The van der Waals surface area contributed by atoms with Crippen molar-refractivity contribution >= 4 is 27.3 Å². The number of nitrogens with one attached hydrogen (secondary N) is 2. The van der Waals surface area contributed by atoms with Crippen LogP contribution in [0.15, 0.2) is 24.3 Å². The van der Waals surface area contributed by atoms with Crippen LogP contribution in [0.2, 0.25) is 0 Å². The number of hydrogen-bond donors (Lipinski definition) is 2. The second-order valence-electron chi connectivity index (χ2n) is 4.60. The van der Waals surface area contributed by atoms with E-state index in [1.54, 1.807) is 24.3 Å². The first-order chi connectivity index (χ1) is 8.26. The molecule has 0 saturated heterocycles. The first kappa shape index (κ1) is 14.5. The Bertz CT molecular complexity index is 524. The summed E-state index contributed by atoms with van der Waals surface area (Å²) >= 11 is 0. The molecule has 1 aromatic rings. The third-order valence-corrected chi connectivity index (χ3v) is 2.65. The predicted octanol–water partition coefficient (Wildman–Crippen LogP) is 2.04. The van der Waals surface area contributed by atoms with Gasteiger partial charge in [0.15, 0.2) is 0 Å². The van der Waals surface area contributed by atoms with E-state index in [-0.39, 0.29) is 11.8 Å². The molecule has 0 unspecified atom stereocenters. The van der Waals surface area contributed by atoms with Crippen molar-refractivity contribution in [1.29, 1.82) is 0 Å². The highest BCUT2D eigenvalue weighted by Crippen LogP contribution is 2.16. The third-order valence-electron chi connectivity index (χ3n) is 2.04. The Kier molecular flexibility index (Phi) is 4.72. The average Bonchev–Trinajstić information content (AvgIpc) is 2.13. The van der Waals surface area contributed by atoms with Crippen LogP contribution in [0, 0.1) is 5.92 Å². The molecule has 0 aliphatic rings. The lowest BCUT2D eigenvalue weighted by atomic mass is 10.1. The minimum absolute atomic E-state index is 0.0819. The Morgan fingerprint density at radius 1 is 1.28 bits per heavy atom.